The highest BCUT2D eigenvalue weighted by molar-refractivity contribution is 7.22. The van der Waals surface area contributed by atoms with E-state index in [0.29, 0.717) is 30.3 Å². The Kier molecular flexibility index (Phi) is 6.95. The molecule has 1 saturated heterocycles. The standard InChI is InChI=1S/C24H26ClN3O4S/c1-15-5-7-17(25)23-21(15)26-24(33-23)28-11-9-27(10-12-28)20(29)8-6-16-13-18(30-2)22(32-4)19(14-16)31-3/h5-8,13-14H,9-12H2,1-4H3/b8-6-. The van der Waals surface area contributed by atoms with Gasteiger partial charge in [-0.15, -0.1) is 0 Å². The number of carbonyl (C=O) groups is 1. The second kappa shape index (κ2) is 9.89. The van der Waals surface area contributed by atoms with Crippen molar-refractivity contribution in [2.24, 2.45) is 0 Å². The first-order chi connectivity index (χ1) is 15.9. The molecule has 3 aromatic rings. The maximum absolute atomic E-state index is 12.8. The number of carbonyl (C=O) groups excluding carboxylic acids is 1. The SMILES string of the molecule is COc1cc(/C=C\C(=O)N2CCN(c3nc4c(C)ccc(Cl)c4s3)CC2)cc(OC)c1OC. The molecule has 0 spiro atoms. The normalized spacial score (nSPS) is 14.2. The molecule has 1 amide bonds. The van der Waals surface area contributed by atoms with Gasteiger partial charge in [0.1, 0.15) is 0 Å². The summed E-state index contributed by atoms with van der Waals surface area (Å²) in [4.78, 5) is 21.6. The Morgan fingerprint density at radius 2 is 1.73 bits per heavy atom. The Balaban J connectivity index is 1.42. The molecular weight excluding hydrogens is 462 g/mol. The number of amides is 1. The van der Waals surface area contributed by atoms with E-state index in [0.717, 1.165) is 44.6 Å². The van der Waals surface area contributed by atoms with Crippen molar-refractivity contribution in [2.75, 3.05) is 52.4 Å². The molecule has 1 aliphatic rings. The van der Waals surface area contributed by atoms with Crippen LogP contribution in [0.2, 0.25) is 5.02 Å². The van der Waals surface area contributed by atoms with Crippen LogP contribution in [0.3, 0.4) is 0 Å². The van der Waals surface area contributed by atoms with Crippen molar-refractivity contribution in [1.29, 1.82) is 0 Å². The molecule has 1 aliphatic heterocycles. The summed E-state index contributed by atoms with van der Waals surface area (Å²) in [5.74, 6) is 1.57. The van der Waals surface area contributed by atoms with E-state index in [-0.39, 0.29) is 5.91 Å². The minimum Gasteiger partial charge on any atom is -0.493 e. The quantitative estimate of drug-likeness (QED) is 0.472. The van der Waals surface area contributed by atoms with Crippen LogP contribution in [0.4, 0.5) is 5.13 Å². The Hall–Kier alpha value is -2.97. The van der Waals surface area contributed by atoms with Crippen LogP contribution in [0.5, 0.6) is 17.2 Å². The number of fused-ring (bicyclic) bond motifs is 1. The number of methoxy groups -OCH3 is 3. The zero-order chi connectivity index (χ0) is 23.5. The van der Waals surface area contributed by atoms with Gasteiger partial charge < -0.3 is 24.0 Å². The molecule has 0 N–H and O–H groups in total. The number of benzene rings is 2. The van der Waals surface area contributed by atoms with Crippen LogP contribution in [0.25, 0.3) is 16.3 Å². The molecule has 0 radical (unpaired) electrons. The van der Waals surface area contributed by atoms with Crippen molar-refractivity contribution in [3.8, 4) is 17.2 Å². The van der Waals surface area contributed by atoms with Gasteiger partial charge in [0, 0.05) is 32.3 Å². The van der Waals surface area contributed by atoms with Crippen molar-refractivity contribution in [1.82, 2.24) is 9.88 Å². The molecule has 0 saturated carbocycles. The van der Waals surface area contributed by atoms with Gasteiger partial charge in [-0.3, -0.25) is 4.79 Å². The Bertz CT molecular complexity index is 1140. The number of piperazine rings is 1. The number of nitrogens with zero attached hydrogens (tertiary/aromatic N) is 3. The molecule has 174 valence electrons. The third kappa shape index (κ3) is 4.72. The highest BCUT2D eigenvalue weighted by Crippen LogP contribution is 2.39. The van der Waals surface area contributed by atoms with Gasteiger partial charge in [-0.05, 0) is 42.3 Å². The summed E-state index contributed by atoms with van der Waals surface area (Å²) >= 11 is 7.96. The van der Waals surface area contributed by atoms with Gasteiger partial charge in [0.15, 0.2) is 16.6 Å². The summed E-state index contributed by atoms with van der Waals surface area (Å²) in [6.45, 7) is 4.74. The van der Waals surface area contributed by atoms with Crippen LogP contribution < -0.4 is 19.1 Å². The fourth-order valence-corrected chi connectivity index (χ4v) is 5.18. The molecule has 0 bridgehead atoms. The molecule has 0 aliphatic carbocycles. The number of hydrogen-bond acceptors (Lipinski definition) is 7. The Morgan fingerprint density at radius 1 is 1.06 bits per heavy atom. The molecule has 0 unspecified atom stereocenters. The van der Waals surface area contributed by atoms with Gasteiger partial charge in [0.05, 0.1) is 36.6 Å². The van der Waals surface area contributed by atoms with Crippen molar-refractivity contribution in [3.05, 3.63) is 46.5 Å². The van der Waals surface area contributed by atoms with Gasteiger partial charge in [-0.25, -0.2) is 4.98 Å². The van der Waals surface area contributed by atoms with Crippen LogP contribution >= 0.6 is 22.9 Å². The van der Waals surface area contributed by atoms with Gasteiger partial charge in [0.25, 0.3) is 0 Å². The van der Waals surface area contributed by atoms with Crippen molar-refractivity contribution >= 4 is 50.3 Å². The van der Waals surface area contributed by atoms with Crippen molar-refractivity contribution in [3.63, 3.8) is 0 Å². The molecule has 2 aromatic carbocycles. The van der Waals surface area contributed by atoms with Gasteiger partial charge in [0.2, 0.25) is 11.7 Å². The Labute approximate surface area is 202 Å². The zero-order valence-electron chi connectivity index (χ0n) is 19.1. The molecule has 0 atom stereocenters. The maximum Gasteiger partial charge on any atom is 0.246 e. The first kappa shape index (κ1) is 23.2. The van der Waals surface area contributed by atoms with E-state index in [1.165, 1.54) is 0 Å². The number of ether oxygens (including phenoxy) is 3. The van der Waals surface area contributed by atoms with E-state index >= 15 is 0 Å². The van der Waals surface area contributed by atoms with E-state index in [2.05, 4.69) is 4.90 Å². The monoisotopic (exact) mass is 487 g/mol. The second-order valence-corrected chi connectivity index (χ2v) is 9.03. The highest BCUT2D eigenvalue weighted by atomic mass is 35.5. The molecule has 1 aromatic heterocycles. The molecule has 33 heavy (non-hydrogen) atoms. The minimum atomic E-state index is -0.0356. The van der Waals surface area contributed by atoms with Crippen LogP contribution in [0.1, 0.15) is 11.1 Å². The van der Waals surface area contributed by atoms with E-state index < -0.39 is 0 Å². The number of aryl methyl sites for hydroxylation is 1. The summed E-state index contributed by atoms with van der Waals surface area (Å²) in [6, 6.07) is 7.52. The first-order valence-corrected chi connectivity index (χ1v) is 11.7. The fraction of sp³-hybridized carbons (Fsp3) is 0.333. The topological polar surface area (TPSA) is 64.1 Å². The van der Waals surface area contributed by atoms with Gasteiger partial charge >= 0.3 is 0 Å². The minimum absolute atomic E-state index is 0.0356. The summed E-state index contributed by atoms with van der Waals surface area (Å²) in [7, 11) is 4.69. The molecule has 9 heteroatoms. The lowest BCUT2D eigenvalue weighted by atomic mass is 10.1. The predicted octanol–water partition coefficient (Wildman–Crippen LogP) is 4.65. The number of halogens is 1. The fourth-order valence-electron chi connectivity index (χ4n) is 3.81. The smallest absolute Gasteiger partial charge is 0.246 e. The summed E-state index contributed by atoms with van der Waals surface area (Å²) in [5, 5.41) is 1.67. The maximum atomic E-state index is 12.8. The number of hydrogen-bond donors (Lipinski definition) is 0. The lowest BCUT2D eigenvalue weighted by Crippen LogP contribution is -2.48. The van der Waals surface area contributed by atoms with Crippen LogP contribution in [-0.4, -0.2) is 63.3 Å². The van der Waals surface area contributed by atoms with Gasteiger partial charge in [-0.1, -0.05) is 29.0 Å². The van der Waals surface area contributed by atoms with Crippen LogP contribution in [-0.2, 0) is 4.79 Å². The van der Waals surface area contributed by atoms with E-state index in [4.69, 9.17) is 30.8 Å². The average Bonchev–Trinajstić information content (AvgIpc) is 3.31. The second-order valence-electron chi connectivity index (χ2n) is 7.64. The number of rotatable bonds is 6. The van der Waals surface area contributed by atoms with E-state index in [1.807, 2.05) is 36.1 Å². The largest absolute Gasteiger partial charge is 0.493 e. The lowest BCUT2D eigenvalue weighted by molar-refractivity contribution is -0.126. The molecule has 1 fully saturated rings. The van der Waals surface area contributed by atoms with E-state index in [1.54, 1.807) is 44.8 Å². The molecule has 2 heterocycles. The third-order valence-electron chi connectivity index (χ3n) is 5.65. The van der Waals surface area contributed by atoms with Gasteiger partial charge in [-0.2, -0.15) is 0 Å². The molecular formula is C24H26ClN3O4S. The van der Waals surface area contributed by atoms with Crippen LogP contribution in [0, 0.1) is 6.92 Å². The molecule has 4 rings (SSSR count). The first-order valence-electron chi connectivity index (χ1n) is 10.5. The zero-order valence-corrected chi connectivity index (χ0v) is 20.6. The summed E-state index contributed by atoms with van der Waals surface area (Å²) in [6.07, 6.45) is 3.34. The number of thiazole rings is 1. The van der Waals surface area contributed by atoms with E-state index in [9.17, 15) is 4.79 Å². The summed E-state index contributed by atoms with van der Waals surface area (Å²) in [5.41, 5.74) is 2.86. The molecule has 7 nitrogen and oxygen atoms in total. The lowest BCUT2D eigenvalue weighted by Gasteiger charge is -2.34. The number of aromatic nitrogens is 1. The Morgan fingerprint density at radius 3 is 2.30 bits per heavy atom. The average molecular weight is 488 g/mol. The van der Waals surface area contributed by atoms with Crippen molar-refractivity contribution < 1.29 is 19.0 Å². The predicted molar refractivity (Wildman–Crippen MR) is 133 cm³/mol. The third-order valence-corrected chi connectivity index (χ3v) is 7.23. The van der Waals surface area contributed by atoms with Crippen molar-refractivity contribution in [2.45, 2.75) is 6.92 Å². The number of anilines is 1. The summed E-state index contributed by atoms with van der Waals surface area (Å²) < 4.78 is 17.1. The highest BCUT2D eigenvalue weighted by Gasteiger charge is 2.23. The van der Waals surface area contributed by atoms with Crippen LogP contribution in [0.15, 0.2) is 30.3 Å².